The van der Waals surface area contributed by atoms with Crippen LogP contribution in [0.2, 0.25) is 0 Å². The highest BCUT2D eigenvalue weighted by molar-refractivity contribution is 5.98. The zero-order valence-corrected chi connectivity index (χ0v) is 13.9. The molecule has 5 nitrogen and oxygen atoms in total. The summed E-state index contributed by atoms with van der Waals surface area (Å²) in [6.07, 6.45) is 8.79. The van der Waals surface area contributed by atoms with Crippen LogP contribution in [0, 0.1) is 0 Å². The number of aromatic nitrogens is 2. The number of carbonyl (C=O) groups is 2. The molecule has 0 N–H and O–H groups in total. The maximum atomic E-state index is 12.1. The van der Waals surface area contributed by atoms with Gasteiger partial charge in [0.15, 0.2) is 12.4 Å². The maximum Gasteiger partial charge on any atom is 0.376 e. The first-order valence-electron chi connectivity index (χ1n) is 8.27. The minimum Gasteiger partial charge on any atom is -0.451 e. The summed E-state index contributed by atoms with van der Waals surface area (Å²) < 4.78 is 4.95. The third-order valence-corrected chi connectivity index (χ3v) is 3.68. The van der Waals surface area contributed by atoms with Gasteiger partial charge in [0.2, 0.25) is 5.82 Å². The van der Waals surface area contributed by atoms with Gasteiger partial charge in [0.05, 0.1) is 0 Å². The number of rotatable bonds is 9. The van der Waals surface area contributed by atoms with Crippen molar-refractivity contribution in [1.82, 2.24) is 9.97 Å². The van der Waals surface area contributed by atoms with Gasteiger partial charge in [-0.2, -0.15) is 0 Å². The van der Waals surface area contributed by atoms with Gasteiger partial charge in [0.25, 0.3) is 0 Å². The van der Waals surface area contributed by atoms with Crippen LogP contribution in [0.1, 0.15) is 59.1 Å². The molecule has 2 aromatic rings. The van der Waals surface area contributed by atoms with E-state index in [2.05, 4.69) is 16.9 Å². The van der Waals surface area contributed by atoms with Gasteiger partial charge in [-0.1, -0.05) is 50.5 Å². The van der Waals surface area contributed by atoms with Crippen LogP contribution >= 0.6 is 0 Å². The van der Waals surface area contributed by atoms with Crippen LogP contribution in [0.3, 0.4) is 0 Å². The summed E-state index contributed by atoms with van der Waals surface area (Å²) in [5.41, 5.74) is 1.76. The van der Waals surface area contributed by atoms with Crippen molar-refractivity contribution < 1.29 is 14.3 Å². The summed E-state index contributed by atoms with van der Waals surface area (Å²) in [6, 6.07) is 9.09. The van der Waals surface area contributed by atoms with E-state index in [0.29, 0.717) is 5.56 Å². The van der Waals surface area contributed by atoms with Crippen molar-refractivity contribution in [3.05, 3.63) is 59.7 Å². The highest BCUT2D eigenvalue weighted by Gasteiger charge is 2.13. The number of aryl methyl sites for hydroxylation is 1. The lowest BCUT2D eigenvalue weighted by Gasteiger charge is -2.05. The summed E-state index contributed by atoms with van der Waals surface area (Å²) in [6.45, 7) is 1.88. The van der Waals surface area contributed by atoms with Gasteiger partial charge >= 0.3 is 5.97 Å². The fourth-order valence-corrected chi connectivity index (χ4v) is 2.30. The molecule has 0 aliphatic heterocycles. The van der Waals surface area contributed by atoms with Crippen molar-refractivity contribution in [2.45, 2.75) is 39.0 Å². The van der Waals surface area contributed by atoms with E-state index >= 15 is 0 Å². The van der Waals surface area contributed by atoms with Crippen LogP contribution in [0.25, 0.3) is 0 Å². The highest BCUT2D eigenvalue weighted by Crippen LogP contribution is 2.10. The number of unbranched alkanes of at least 4 members (excludes halogenated alkanes) is 3. The first kappa shape index (κ1) is 17.8. The Bertz CT molecular complexity index is 654. The molecule has 0 aliphatic rings. The Kier molecular flexibility index (Phi) is 7.08. The number of hydrogen-bond acceptors (Lipinski definition) is 5. The molecular formula is C19H22N2O3. The molecule has 0 spiro atoms. The predicted molar refractivity (Wildman–Crippen MR) is 90.9 cm³/mol. The Hall–Kier alpha value is -2.56. The van der Waals surface area contributed by atoms with Crippen LogP contribution in [0.4, 0.5) is 0 Å². The Labute approximate surface area is 142 Å². The Balaban J connectivity index is 1.81. The van der Waals surface area contributed by atoms with Crippen LogP contribution in [-0.2, 0) is 11.2 Å². The number of ether oxygens (including phenoxy) is 1. The number of ketones is 1. The van der Waals surface area contributed by atoms with Gasteiger partial charge in [-0.15, -0.1) is 0 Å². The Morgan fingerprint density at radius 2 is 1.71 bits per heavy atom. The minimum atomic E-state index is -0.698. The summed E-state index contributed by atoms with van der Waals surface area (Å²) in [4.78, 5) is 31.4. The molecule has 0 amide bonds. The molecular weight excluding hydrogens is 304 g/mol. The van der Waals surface area contributed by atoms with Gasteiger partial charge in [0, 0.05) is 18.0 Å². The normalized spacial score (nSPS) is 10.4. The summed E-state index contributed by atoms with van der Waals surface area (Å²) >= 11 is 0. The van der Waals surface area contributed by atoms with E-state index in [0.717, 1.165) is 12.8 Å². The summed E-state index contributed by atoms with van der Waals surface area (Å²) in [5.74, 6) is -0.985. The Morgan fingerprint density at radius 3 is 2.38 bits per heavy atom. The van der Waals surface area contributed by atoms with Crippen molar-refractivity contribution in [3.8, 4) is 0 Å². The standard InChI is InChI=1S/C19H22N2O3/c1-2-3-4-5-7-15-8-10-16(11-9-15)17(22)14-24-19(23)18-20-12-6-13-21-18/h6,8-13H,2-5,7,14H2,1H3. The second-order valence-electron chi connectivity index (χ2n) is 5.58. The fourth-order valence-electron chi connectivity index (χ4n) is 2.30. The molecule has 0 aliphatic carbocycles. The van der Waals surface area contributed by atoms with E-state index in [1.54, 1.807) is 18.2 Å². The van der Waals surface area contributed by atoms with E-state index < -0.39 is 5.97 Å². The van der Waals surface area contributed by atoms with Gasteiger partial charge in [-0.3, -0.25) is 4.79 Å². The average Bonchev–Trinajstić information content (AvgIpc) is 2.64. The molecule has 0 atom stereocenters. The SMILES string of the molecule is CCCCCCc1ccc(C(=O)COC(=O)c2ncccn2)cc1. The van der Waals surface area contributed by atoms with Gasteiger partial charge < -0.3 is 4.74 Å². The number of nitrogens with zero attached hydrogens (tertiary/aromatic N) is 2. The molecule has 5 heteroatoms. The largest absolute Gasteiger partial charge is 0.451 e. The van der Waals surface area contributed by atoms with Gasteiger partial charge in [0.1, 0.15) is 0 Å². The van der Waals surface area contributed by atoms with Crippen molar-refractivity contribution in [2.24, 2.45) is 0 Å². The molecule has 0 bridgehead atoms. The number of hydrogen-bond donors (Lipinski definition) is 0. The molecule has 126 valence electrons. The molecule has 1 heterocycles. The number of Topliss-reactive ketones (excluding diaryl/α,β-unsaturated/α-hetero) is 1. The average molecular weight is 326 g/mol. The molecule has 1 aromatic carbocycles. The molecule has 0 radical (unpaired) electrons. The third-order valence-electron chi connectivity index (χ3n) is 3.68. The predicted octanol–water partition coefficient (Wildman–Crippen LogP) is 3.64. The second-order valence-corrected chi connectivity index (χ2v) is 5.58. The summed E-state index contributed by atoms with van der Waals surface area (Å²) in [7, 11) is 0. The van der Waals surface area contributed by atoms with Crippen molar-refractivity contribution in [2.75, 3.05) is 6.61 Å². The Morgan fingerprint density at radius 1 is 1.00 bits per heavy atom. The first-order valence-corrected chi connectivity index (χ1v) is 8.27. The fraction of sp³-hybridized carbons (Fsp3) is 0.368. The molecule has 0 saturated carbocycles. The zero-order valence-electron chi connectivity index (χ0n) is 13.9. The van der Waals surface area contributed by atoms with E-state index in [1.807, 2.05) is 12.1 Å². The molecule has 0 saturated heterocycles. The zero-order chi connectivity index (χ0) is 17.2. The van der Waals surface area contributed by atoms with Crippen molar-refractivity contribution in [3.63, 3.8) is 0 Å². The molecule has 0 unspecified atom stereocenters. The van der Waals surface area contributed by atoms with Crippen LogP contribution < -0.4 is 0 Å². The van der Waals surface area contributed by atoms with Crippen LogP contribution in [0.5, 0.6) is 0 Å². The minimum absolute atomic E-state index is 0.0484. The van der Waals surface area contributed by atoms with Gasteiger partial charge in [-0.25, -0.2) is 14.8 Å². The van der Waals surface area contributed by atoms with Crippen molar-refractivity contribution >= 4 is 11.8 Å². The second kappa shape index (κ2) is 9.55. The van der Waals surface area contributed by atoms with Gasteiger partial charge in [-0.05, 0) is 24.5 Å². The number of esters is 1. The topological polar surface area (TPSA) is 69.2 Å². The number of carbonyl (C=O) groups excluding carboxylic acids is 2. The molecule has 1 aromatic heterocycles. The molecule has 2 rings (SSSR count). The lowest BCUT2D eigenvalue weighted by Crippen LogP contribution is -2.16. The van der Waals surface area contributed by atoms with E-state index in [4.69, 9.17) is 4.74 Å². The monoisotopic (exact) mass is 326 g/mol. The first-order chi connectivity index (χ1) is 11.7. The maximum absolute atomic E-state index is 12.1. The van der Waals surface area contributed by atoms with E-state index in [9.17, 15) is 9.59 Å². The third kappa shape index (κ3) is 5.57. The molecule has 0 fully saturated rings. The summed E-state index contributed by atoms with van der Waals surface area (Å²) in [5, 5.41) is 0. The quantitative estimate of drug-likeness (QED) is 0.400. The van der Waals surface area contributed by atoms with E-state index in [1.165, 1.54) is 37.2 Å². The number of benzene rings is 1. The smallest absolute Gasteiger partial charge is 0.376 e. The molecule has 24 heavy (non-hydrogen) atoms. The van der Waals surface area contributed by atoms with Crippen LogP contribution in [0.15, 0.2) is 42.7 Å². The van der Waals surface area contributed by atoms with Crippen molar-refractivity contribution in [1.29, 1.82) is 0 Å². The van der Waals surface area contributed by atoms with E-state index in [-0.39, 0.29) is 18.2 Å². The lowest BCUT2D eigenvalue weighted by molar-refractivity contribution is 0.0462. The highest BCUT2D eigenvalue weighted by atomic mass is 16.5. The van der Waals surface area contributed by atoms with Crippen LogP contribution in [-0.4, -0.2) is 28.3 Å². The lowest BCUT2D eigenvalue weighted by atomic mass is 10.0.